The fraction of sp³-hybridized carbons (Fsp3) is 0.0833. The number of hydrogen-bond donors (Lipinski definition) is 1. The summed E-state index contributed by atoms with van der Waals surface area (Å²) in [5, 5.41) is 9.07. The summed E-state index contributed by atoms with van der Waals surface area (Å²) in [5.74, 6) is -1.77. The van der Waals surface area contributed by atoms with E-state index < -0.39 is 11.7 Å². The van der Waals surface area contributed by atoms with Crippen molar-refractivity contribution in [1.29, 1.82) is 0 Å². The Morgan fingerprint density at radius 3 is 3.05 bits per heavy atom. The molecule has 3 aromatic rings. The average Bonchev–Trinajstić information content (AvgIpc) is 2.76. The topological polar surface area (TPSA) is 111 Å². The molecular formula is C12H8N4O4. The molecule has 0 aliphatic carbocycles. The molecule has 3 heterocycles. The molecule has 0 saturated carbocycles. The summed E-state index contributed by atoms with van der Waals surface area (Å²) in [7, 11) is 0. The van der Waals surface area contributed by atoms with Gasteiger partial charge in [-0.3, -0.25) is 4.57 Å². The highest BCUT2D eigenvalue weighted by Crippen LogP contribution is 2.12. The maximum absolute atomic E-state index is 11.8. The molecule has 8 nitrogen and oxygen atoms in total. The quantitative estimate of drug-likeness (QED) is 0.739. The molecule has 0 aliphatic rings. The maximum Gasteiger partial charge on any atom is 0.421 e. The Hall–Kier alpha value is -3.03. The molecule has 0 spiro atoms. The monoisotopic (exact) mass is 272 g/mol. The molecule has 0 amide bonds. The van der Waals surface area contributed by atoms with Crippen molar-refractivity contribution in [3.05, 3.63) is 52.7 Å². The lowest BCUT2D eigenvalue weighted by molar-refractivity contribution is 0.0694. The van der Waals surface area contributed by atoms with Gasteiger partial charge in [-0.25, -0.2) is 24.5 Å². The number of carboxylic acids is 1. The Labute approximate surface area is 111 Å². The Balaban J connectivity index is 2.13. The zero-order valence-electron chi connectivity index (χ0n) is 10.1. The first-order chi connectivity index (χ1) is 9.66. The zero-order chi connectivity index (χ0) is 14.1. The number of aromatic nitrogens is 4. The highest BCUT2D eigenvalue weighted by Gasteiger charge is 2.16. The van der Waals surface area contributed by atoms with E-state index in [1.165, 1.54) is 23.3 Å². The third kappa shape index (κ3) is 1.92. The van der Waals surface area contributed by atoms with Crippen LogP contribution >= 0.6 is 0 Å². The van der Waals surface area contributed by atoms with Crippen molar-refractivity contribution in [2.75, 3.05) is 0 Å². The van der Waals surface area contributed by atoms with Gasteiger partial charge in [0.15, 0.2) is 11.2 Å². The van der Waals surface area contributed by atoms with Gasteiger partial charge in [0, 0.05) is 12.4 Å². The molecule has 100 valence electrons. The second-order valence-corrected chi connectivity index (χ2v) is 3.97. The van der Waals surface area contributed by atoms with Crippen LogP contribution in [0.1, 0.15) is 16.1 Å². The summed E-state index contributed by atoms with van der Waals surface area (Å²) in [6.07, 6.45) is 3.93. The molecular weight excluding hydrogens is 264 g/mol. The van der Waals surface area contributed by atoms with Gasteiger partial charge in [0.05, 0.1) is 12.2 Å². The number of nitrogens with zero attached hydrogens (tertiary/aromatic N) is 4. The van der Waals surface area contributed by atoms with Crippen LogP contribution in [-0.2, 0) is 6.54 Å². The summed E-state index contributed by atoms with van der Waals surface area (Å²) < 4.78 is 6.25. The van der Waals surface area contributed by atoms with Crippen LogP contribution in [0.15, 0.2) is 40.1 Å². The number of rotatable bonds is 3. The maximum atomic E-state index is 11.8. The fourth-order valence-corrected chi connectivity index (χ4v) is 1.85. The summed E-state index contributed by atoms with van der Waals surface area (Å²) in [6.45, 7) is -0.0486. The van der Waals surface area contributed by atoms with Crippen molar-refractivity contribution in [2.45, 2.75) is 6.54 Å². The molecule has 0 aliphatic heterocycles. The normalized spacial score (nSPS) is 10.8. The van der Waals surface area contributed by atoms with Crippen molar-refractivity contribution in [2.24, 2.45) is 0 Å². The van der Waals surface area contributed by atoms with E-state index in [0.29, 0.717) is 11.2 Å². The lowest BCUT2D eigenvalue weighted by atomic mass is 10.2. The molecule has 0 bridgehead atoms. The molecule has 3 rings (SSSR count). The summed E-state index contributed by atoms with van der Waals surface area (Å²) in [6, 6.07) is 3.25. The smallest absolute Gasteiger partial charge is 0.421 e. The average molecular weight is 272 g/mol. The summed E-state index contributed by atoms with van der Waals surface area (Å²) in [4.78, 5) is 34.5. The van der Waals surface area contributed by atoms with Crippen molar-refractivity contribution in [3.8, 4) is 0 Å². The van der Waals surface area contributed by atoms with Gasteiger partial charge in [0.1, 0.15) is 11.9 Å². The molecule has 20 heavy (non-hydrogen) atoms. The van der Waals surface area contributed by atoms with Crippen LogP contribution in [0.3, 0.4) is 0 Å². The van der Waals surface area contributed by atoms with Gasteiger partial charge < -0.3 is 9.52 Å². The van der Waals surface area contributed by atoms with Crippen LogP contribution in [0.5, 0.6) is 0 Å². The van der Waals surface area contributed by atoms with Crippen LogP contribution < -0.4 is 5.76 Å². The van der Waals surface area contributed by atoms with Crippen LogP contribution in [0, 0.1) is 0 Å². The fourth-order valence-electron chi connectivity index (χ4n) is 1.85. The van der Waals surface area contributed by atoms with Gasteiger partial charge >= 0.3 is 11.7 Å². The van der Waals surface area contributed by atoms with Gasteiger partial charge in [0.2, 0.25) is 0 Å². The van der Waals surface area contributed by atoms with E-state index >= 15 is 0 Å². The minimum Gasteiger partial charge on any atom is -0.478 e. The molecule has 0 fully saturated rings. The third-order valence-corrected chi connectivity index (χ3v) is 2.76. The van der Waals surface area contributed by atoms with E-state index in [4.69, 9.17) is 9.52 Å². The molecule has 8 heteroatoms. The van der Waals surface area contributed by atoms with Crippen LogP contribution in [0.2, 0.25) is 0 Å². The van der Waals surface area contributed by atoms with Gasteiger partial charge in [-0.05, 0) is 12.1 Å². The van der Waals surface area contributed by atoms with E-state index in [2.05, 4.69) is 15.0 Å². The zero-order valence-corrected chi connectivity index (χ0v) is 10.1. The number of aromatic carboxylic acids is 1. The lowest BCUT2D eigenvalue weighted by Crippen LogP contribution is -2.18. The SMILES string of the molecule is O=C(O)c1cncnc1Cn1c(=O)oc2cccnc21. The van der Waals surface area contributed by atoms with E-state index in [9.17, 15) is 9.59 Å². The Morgan fingerprint density at radius 1 is 1.40 bits per heavy atom. The second kappa shape index (κ2) is 4.57. The standard InChI is InChI=1S/C12H8N4O4/c17-11(18)7-4-13-6-15-8(7)5-16-10-9(20-12(16)19)2-1-3-14-10/h1-4,6H,5H2,(H,17,18). The first-order valence-corrected chi connectivity index (χ1v) is 5.63. The van der Waals surface area contributed by atoms with Crippen molar-refractivity contribution >= 4 is 17.2 Å². The number of carboxylic acid groups (broad SMARTS) is 1. The third-order valence-electron chi connectivity index (χ3n) is 2.76. The number of fused-ring (bicyclic) bond motifs is 1. The number of oxazole rings is 1. The highest BCUT2D eigenvalue weighted by molar-refractivity contribution is 5.88. The minimum atomic E-state index is -1.16. The van der Waals surface area contributed by atoms with Gasteiger partial charge in [-0.15, -0.1) is 0 Å². The van der Waals surface area contributed by atoms with Gasteiger partial charge in [-0.1, -0.05) is 0 Å². The molecule has 1 N–H and O–H groups in total. The van der Waals surface area contributed by atoms with Crippen LogP contribution in [0.25, 0.3) is 11.2 Å². The van der Waals surface area contributed by atoms with Crippen molar-refractivity contribution in [3.63, 3.8) is 0 Å². The van der Waals surface area contributed by atoms with E-state index in [1.807, 2.05) is 0 Å². The second-order valence-electron chi connectivity index (χ2n) is 3.97. The minimum absolute atomic E-state index is 0.0486. The number of carbonyl (C=O) groups is 1. The molecule has 0 atom stereocenters. The van der Waals surface area contributed by atoms with Crippen LogP contribution in [-0.4, -0.2) is 30.6 Å². The van der Waals surface area contributed by atoms with Gasteiger partial charge in [0.25, 0.3) is 0 Å². The lowest BCUT2D eigenvalue weighted by Gasteiger charge is -2.04. The van der Waals surface area contributed by atoms with E-state index in [1.54, 1.807) is 12.1 Å². The van der Waals surface area contributed by atoms with Gasteiger partial charge in [-0.2, -0.15) is 0 Å². The Bertz CT molecular complexity index is 852. The molecule has 0 unspecified atom stereocenters. The summed E-state index contributed by atoms with van der Waals surface area (Å²) >= 11 is 0. The molecule has 0 radical (unpaired) electrons. The Morgan fingerprint density at radius 2 is 2.25 bits per heavy atom. The summed E-state index contributed by atoms with van der Waals surface area (Å²) in [5.41, 5.74) is 0.823. The first-order valence-electron chi connectivity index (χ1n) is 5.63. The van der Waals surface area contributed by atoms with Crippen molar-refractivity contribution in [1.82, 2.24) is 19.5 Å². The predicted molar refractivity (Wildman–Crippen MR) is 66.4 cm³/mol. The van der Waals surface area contributed by atoms with Crippen LogP contribution in [0.4, 0.5) is 0 Å². The number of pyridine rings is 1. The number of hydrogen-bond acceptors (Lipinski definition) is 6. The molecule has 0 aromatic carbocycles. The first kappa shape index (κ1) is 12.0. The van der Waals surface area contributed by atoms with Crippen molar-refractivity contribution < 1.29 is 14.3 Å². The largest absolute Gasteiger partial charge is 0.478 e. The highest BCUT2D eigenvalue weighted by atomic mass is 16.4. The molecule has 3 aromatic heterocycles. The van der Waals surface area contributed by atoms with E-state index in [-0.39, 0.29) is 17.8 Å². The van der Waals surface area contributed by atoms with E-state index in [0.717, 1.165) is 0 Å². The predicted octanol–water partition coefficient (Wildman–Crippen LogP) is 0.526. The Kier molecular flexibility index (Phi) is 2.75. The molecule has 0 saturated heterocycles.